The van der Waals surface area contributed by atoms with E-state index in [-0.39, 0.29) is 6.04 Å². The van der Waals surface area contributed by atoms with Crippen LogP contribution in [0.1, 0.15) is 22.7 Å². The summed E-state index contributed by atoms with van der Waals surface area (Å²) in [6.07, 6.45) is 0. The standard InChI is InChI=1S/C20H15N3O/c1-13-10-11-16-17(12-13)22-23(21-16)20-14-6-2-4-8-18(14)24-19-9-5-3-7-15(19)20/h2-12,20H,1H3. The van der Waals surface area contributed by atoms with Gasteiger partial charge in [0.2, 0.25) is 0 Å². The highest BCUT2D eigenvalue weighted by Gasteiger charge is 2.29. The fraction of sp³-hybridized carbons (Fsp3) is 0.100. The Morgan fingerprint density at radius 3 is 2.12 bits per heavy atom. The molecule has 4 aromatic rings. The van der Waals surface area contributed by atoms with Crippen LogP contribution in [0.15, 0.2) is 66.7 Å². The number of para-hydroxylation sites is 2. The number of ether oxygens (including phenoxy) is 1. The number of aryl methyl sites for hydroxylation is 1. The van der Waals surface area contributed by atoms with E-state index in [0.29, 0.717) is 0 Å². The maximum atomic E-state index is 6.05. The van der Waals surface area contributed by atoms with Crippen LogP contribution in [0, 0.1) is 6.92 Å². The third-order valence-electron chi connectivity index (χ3n) is 4.43. The van der Waals surface area contributed by atoms with Crippen molar-refractivity contribution in [3.05, 3.63) is 83.4 Å². The van der Waals surface area contributed by atoms with Gasteiger partial charge >= 0.3 is 0 Å². The van der Waals surface area contributed by atoms with Crippen LogP contribution in [0.4, 0.5) is 0 Å². The average molecular weight is 313 g/mol. The van der Waals surface area contributed by atoms with Crippen molar-refractivity contribution < 1.29 is 4.74 Å². The number of benzene rings is 3. The molecule has 1 aromatic heterocycles. The van der Waals surface area contributed by atoms with E-state index in [1.807, 2.05) is 47.3 Å². The molecule has 0 aliphatic carbocycles. The minimum absolute atomic E-state index is 0.0844. The molecule has 0 saturated heterocycles. The molecular formula is C20H15N3O. The highest BCUT2D eigenvalue weighted by molar-refractivity contribution is 5.74. The van der Waals surface area contributed by atoms with E-state index < -0.39 is 0 Å². The van der Waals surface area contributed by atoms with Gasteiger partial charge in [-0.3, -0.25) is 0 Å². The molecule has 2 heterocycles. The maximum Gasteiger partial charge on any atom is 0.133 e. The first-order valence-corrected chi connectivity index (χ1v) is 7.98. The fourth-order valence-corrected chi connectivity index (χ4v) is 3.29. The molecule has 24 heavy (non-hydrogen) atoms. The second kappa shape index (κ2) is 4.93. The molecular weight excluding hydrogens is 298 g/mol. The number of nitrogens with zero attached hydrogens (tertiary/aromatic N) is 3. The van der Waals surface area contributed by atoms with Crippen molar-refractivity contribution in [2.45, 2.75) is 13.0 Å². The van der Waals surface area contributed by atoms with E-state index in [1.165, 1.54) is 5.56 Å². The average Bonchev–Trinajstić information content (AvgIpc) is 3.02. The molecule has 4 nitrogen and oxygen atoms in total. The molecule has 0 spiro atoms. The summed E-state index contributed by atoms with van der Waals surface area (Å²) >= 11 is 0. The molecule has 0 amide bonds. The van der Waals surface area contributed by atoms with Crippen LogP contribution >= 0.6 is 0 Å². The lowest BCUT2D eigenvalue weighted by molar-refractivity contribution is 0.411. The third-order valence-corrected chi connectivity index (χ3v) is 4.43. The Balaban J connectivity index is 1.77. The predicted molar refractivity (Wildman–Crippen MR) is 92.5 cm³/mol. The van der Waals surface area contributed by atoms with Crippen LogP contribution in [0.25, 0.3) is 11.0 Å². The Labute approximate surface area is 139 Å². The molecule has 0 bridgehead atoms. The van der Waals surface area contributed by atoms with Gasteiger partial charge in [-0.05, 0) is 36.8 Å². The summed E-state index contributed by atoms with van der Waals surface area (Å²) < 4.78 is 6.05. The number of hydrogen-bond acceptors (Lipinski definition) is 3. The number of hydrogen-bond donors (Lipinski definition) is 0. The Hall–Kier alpha value is -3.14. The van der Waals surface area contributed by atoms with Crippen LogP contribution in [-0.4, -0.2) is 15.0 Å². The van der Waals surface area contributed by atoms with Crippen LogP contribution in [0.3, 0.4) is 0 Å². The van der Waals surface area contributed by atoms with Crippen molar-refractivity contribution in [2.24, 2.45) is 0 Å². The first-order valence-electron chi connectivity index (χ1n) is 7.98. The van der Waals surface area contributed by atoms with E-state index in [2.05, 4.69) is 31.2 Å². The van der Waals surface area contributed by atoms with Gasteiger partial charge in [0.15, 0.2) is 0 Å². The normalized spacial score (nSPS) is 13.4. The van der Waals surface area contributed by atoms with Gasteiger partial charge in [-0.15, -0.1) is 0 Å². The summed E-state index contributed by atoms with van der Waals surface area (Å²) in [6.45, 7) is 2.07. The summed E-state index contributed by atoms with van der Waals surface area (Å²) in [7, 11) is 0. The van der Waals surface area contributed by atoms with Gasteiger partial charge < -0.3 is 4.74 Å². The number of rotatable bonds is 1. The number of fused-ring (bicyclic) bond motifs is 3. The Bertz CT molecular complexity index is 1020. The Morgan fingerprint density at radius 2 is 1.42 bits per heavy atom. The molecule has 1 aliphatic rings. The van der Waals surface area contributed by atoms with Gasteiger partial charge in [-0.1, -0.05) is 42.5 Å². The summed E-state index contributed by atoms with van der Waals surface area (Å²) in [5, 5.41) is 9.47. The molecule has 5 rings (SSSR count). The molecule has 0 atom stereocenters. The van der Waals surface area contributed by atoms with Crippen molar-refractivity contribution >= 4 is 11.0 Å². The second-order valence-electron chi connectivity index (χ2n) is 6.09. The zero-order chi connectivity index (χ0) is 16.1. The van der Waals surface area contributed by atoms with Crippen molar-refractivity contribution in [1.82, 2.24) is 15.0 Å². The Morgan fingerprint density at radius 1 is 0.792 bits per heavy atom. The smallest absolute Gasteiger partial charge is 0.133 e. The summed E-state index contributed by atoms with van der Waals surface area (Å²) in [5.41, 5.74) is 5.15. The summed E-state index contributed by atoms with van der Waals surface area (Å²) in [6, 6.07) is 22.2. The van der Waals surface area contributed by atoms with Gasteiger partial charge in [0.1, 0.15) is 28.6 Å². The van der Waals surface area contributed by atoms with Crippen LogP contribution < -0.4 is 4.74 Å². The van der Waals surface area contributed by atoms with Crippen molar-refractivity contribution in [3.8, 4) is 11.5 Å². The minimum atomic E-state index is -0.0844. The van der Waals surface area contributed by atoms with Crippen molar-refractivity contribution in [2.75, 3.05) is 0 Å². The quantitative estimate of drug-likeness (QED) is 0.458. The fourth-order valence-electron chi connectivity index (χ4n) is 3.29. The molecule has 4 heteroatoms. The lowest BCUT2D eigenvalue weighted by Gasteiger charge is -2.27. The first-order chi connectivity index (χ1) is 11.8. The van der Waals surface area contributed by atoms with Crippen molar-refractivity contribution in [1.29, 1.82) is 0 Å². The monoisotopic (exact) mass is 313 g/mol. The highest BCUT2D eigenvalue weighted by Crippen LogP contribution is 2.44. The van der Waals surface area contributed by atoms with Gasteiger partial charge in [-0.25, -0.2) is 0 Å². The summed E-state index contributed by atoms with van der Waals surface area (Å²) in [5.74, 6) is 1.72. The van der Waals surface area contributed by atoms with E-state index in [1.54, 1.807) is 0 Å². The molecule has 0 fully saturated rings. The zero-order valence-corrected chi connectivity index (χ0v) is 13.2. The largest absolute Gasteiger partial charge is 0.457 e. The lowest BCUT2D eigenvalue weighted by atomic mass is 9.95. The van der Waals surface area contributed by atoms with Gasteiger partial charge in [-0.2, -0.15) is 15.0 Å². The van der Waals surface area contributed by atoms with E-state index in [0.717, 1.165) is 33.7 Å². The second-order valence-corrected chi connectivity index (χ2v) is 6.09. The Kier molecular flexibility index (Phi) is 2.73. The van der Waals surface area contributed by atoms with Crippen LogP contribution in [0.5, 0.6) is 11.5 Å². The van der Waals surface area contributed by atoms with E-state index in [4.69, 9.17) is 14.9 Å². The molecule has 0 saturated carbocycles. The van der Waals surface area contributed by atoms with E-state index in [9.17, 15) is 0 Å². The minimum Gasteiger partial charge on any atom is -0.457 e. The van der Waals surface area contributed by atoms with Crippen molar-refractivity contribution in [3.63, 3.8) is 0 Å². The summed E-state index contributed by atoms with van der Waals surface area (Å²) in [4.78, 5) is 1.81. The van der Waals surface area contributed by atoms with Gasteiger partial charge in [0.05, 0.1) is 0 Å². The molecule has 0 N–H and O–H groups in total. The van der Waals surface area contributed by atoms with E-state index >= 15 is 0 Å². The number of aromatic nitrogens is 3. The SMILES string of the molecule is Cc1ccc2nn(C3c4ccccc4Oc4ccccc43)nc2c1. The van der Waals surface area contributed by atoms with Gasteiger partial charge in [0.25, 0.3) is 0 Å². The third kappa shape index (κ3) is 1.93. The molecule has 116 valence electrons. The predicted octanol–water partition coefficient (Wildman–Crippen LogP) is 4.48. The topological polar surface area (TPSA) is 39.9 Å². The zero-order valence-electron chi connectivity index (χ0n) is 13.2. The molecule has 0 radical (unpaired) electrons. The highest BCUT2D eigenvalue weighted by atomic mass is 16.5. The first kappa shape index (κ1) is 13.3. The van der Waals surface area contributed by atoms with Crippen LogP contribution in [0.2, 0.25) is 0 Å². The van der Waals surface area contributed by atoms with Crippen LogP contribution in [-0.2, 0) is 0 Å². The maximum absolute atomic E-state index is 6.05. The lowest BCUT2D eigenvalue weighted by Crippen LogP contribution is -2.19. The molecule has 1 aliphatic heterocycles. The molecule has 3 aromatic carbocycles. The van der Waals surface area contributed by atoms with Gasteiger partial charge in [0, 0.05) is 11.1 Å². The molecule has 0 unspecified atom stereocenters.